The first-order chi connectivity index (χ1) is 9.56. The fourth-order valence-corrected chi connectivity index (χ4v) is 2.41. The summed E-state index contributed by atoms with van der Waals surface area (Å²) in [5.74, 6) is -0.172. The van der Waals surface area contributed by atoms with Gasteiger partial charge in [0.25, 0.3) is 5.91 Å². The fourth-order valence-electron chi connectivity index (χ4n) is 2.01. The van der Waals surface area contributed by atoms with Gasteiger partial charge in [-0.1, -0.05) is 41.9 Å². The van der Waals surface area contributed by atoms with Crippen molar-refractivity contribution in [2.45, 2.75) is 24.3 Å². The molecule has 104 valence electrons. The predicted molar refractivity (Wildman–Crippen MR) is 85.8 cm³/mol. The first-order valence-corrected chi connectivity index (χ1v) is 7.22. The molecule has 0 heterocycles. The van der Waals surface area contributed by atoms with Crippen LogP contribution in [0.15, 0.2) is 53.4 Å². The first kappa shape index (κ1) is 14.9. The predicted octanol–water partition coefficient (Wildman–Crippen LogP) is 3.99. The smallest absolute Gasteiger partial charge is 0.253 e. The molecule has 0 aliphatic rings. The summed E-state index contributed by atoms with van der Waals surface area (Å²) in [5, 5.41) is 3.39. The average Bonchev–Trinajstić information content (AvgIpc) is 2.42. The van der Waals surface area contributed by atoms with Crippen molar-refractivity contribution in [3.63, 3.8) is 0 Å². The quantitative estimate of drug-likeness (QED) is 0.822. The van der Waals surface area contributed by atoms with Crippen molar-refractivity contribution in [1.82, 2.24) is 5.32 Å². The molecule has 0 saturated heterocycles. The number of halogens is 1. The minimum atomic E-state index is -0.172. The maximum Gasteiger partial charge on any atom is 0.253 e. The number of hydrogen-bond acceptors (Lipinski definition) is 2. The highest BCUT2D eigenvalue weighted by Crippen LogP contribution is 2.19. The molecular weight excluding hydrogens is 290 g/mol. The molecule has 2 aromatic rings. The van der Waals surface area contributed by atoms with E-state index < -0.39 is 0 Å². The Morgan fingerprint density at radius 3 is 2.65 bits per heavy atom. The van der Waals surface area contributed by atoms with E-state index in [2.05, 4.69) is 17.9 Å². The third kappa shape index (κ3) is 4.02. The number of carbonyl (C=O) groups is 1. The van der Waals surface area contributed by atoms with Crippen LogP contribution in [0.4, 0.5) is 0 Å². The molecule has 0 aliphatic carbocycles. The van der Waals surface area contributed by atoms with E-state index in [9.17, 15) is 4.79 Å². The Kier molecular flexibility index (Phi) is 5.10. The van der Waals surface area contributed by atoms with Crippen molar-refractivity contribution >= 4 is 30.1 Å². The summed E-state index contributed by atoms with van der Waals surface area (Å²) in [4.78, 5) is 12.9. The Bertz CT molecular complexity index is 601. The number of benzene rings is 2. The third-order valence-electron chi connectivity index (χ3n) is 2.96. The maximum atomic E-state index is 12.2. The zero-order chi connectivity index (χ0) is 14.5. The van der Waals surface area contributed by atoms with Gasteiger partial charge in [-0.2, -0.15) is 0 Å². The normalized spacial score (nSPS) is 11.9. The van der Waals surface area contributed by atoms with Crippen LogP contribution in [-0.2, 0) is 6.42 Å². The highest BCUT2D eigenvalue weighted by Gasteiger charge is 2.13. The largest absolute Gasteiger partial charge is 0.349 e. The van der Waals surface area contributed by atoms with Gasteiger partial charge < -0.3 is 5.32 Å². The summed E-state index contributed by atoms with van der Waals surface area (Å²) >= 11 is 10.3. The van der Waals surface area contributed by atoms with E-state index in [-0.39, 0.29) is 11.9 Å². The van der Waals surface area contributed by atoms with Crippen molar-refractivity contribution < 1.29 is 4.79 Å². The van der Waals surface area contributed by atoms with Gasteiger partial charge in [-0.05, 0) is 37.1 Å². The van der Waals surface area contributed by atoms with Gasteiger partial charge in [0.1, 0.15) is 0 Å². The topological polar surface area (TPSA) is 29.1 Å². The van der Waals surface area contributed by atoms with Crippen LogP contribution in [-0.4, -0.2) is 11.9 Å². The van der Waals surface area contributed by atoms with Gasteiger partial charge in [0.05, 0.1) is 10.6 Å². The average molecular weight is 306 g/mol. The number of nitrogens with one attached hydrogen (secondary N) is 1. The number of rotatable bonds is 4. The lowest BCUT2D eigenvalue weighted by Gasteiger charge is -2.15. The van der Waals surface area contributed by atoms with Crippen LogP contribution in [0.1, 0.15) is 22.8 Å². The molecular formula is C16H16ClNOS. The summed E-state index contributed by atoms with van der Waals surface area (Å²) in [6.45, 7) is 1.98. The van der Waals surface area contributed by atoms with Crippen LogP contribution in [0.3, 0.4) is 0 Å². The van der Waals surface area contributed by atoms with Crippen LogP contribution >= 0.6 is 24.2 Å². The van der Waals surface area contributed by atoms with E-state index in [0.29, 0.717) is 10.6 Å². The van der Waals surface area contributed by atoms with E-state index in [0.717, 1.165) is 11.3 Å². The van der Waals surface area contributed by atoms with E-state index in [1.807, 2.05) is 37.3 Å². The Morgan fingerprint density at radius 1 is 1.25 bits per heavy atom. The number of hydrogen-bond donors (Lipinski definition) is 2. The van der Waals surface area contributed by atoms with Gasteiger partial charge >= 0.3 is 0 Å². The van der Waals surface area contributed by atoms with Gasteiger partial charge in [-0.25, -0.2) is 0 Å². The zero-order valence-corrected chi connectivity index (χ0v) is 12.8. The fraction of sp³-hybridized carbons (Fsp3) is 0.188. The number of thiol groups is 1. The summed E-state index contributed by atoms with van der Waals surface area (Å²) in [7, 11) is 0. The van der Waals surface area contributed by atoms with Crippen LogP contribution in [0, 0.1) is 0 Å². The molecule has 2 aromatic carbocycles. The molecule has 0 fully saturated rings. The maximum absolute atomic E-state index is 12.2. The molecule has 4 heteroatoms. The van der Waals surface area contributed by atoms with Gasteiger partial charge in [0, 0.05) is 10.9 Å². The zero-order valence-electron chi connectivity index (χ0n) is 11.1. The Labute approximate surface area is 129 Å². The standard InChI is InChI=1S/C16H16ClNOS/c1-11(9-12-5-3-2-4-6-12)18-16(19)14-10-13(20)7-8-15(14)17/h2-8,10-11,20H,9H2,1H3,(H,18,19). The van der Waals surface area contributed by atoms with Crippen molar-refractivity contribution in [1.29, 1.82) is 0 Å². The molecule has 0 radical (unpaired) electrons. The molecule has 20 heavy (non-hydrogen) atoms. The van der Waals surface area contributed by atoms with E-state index in [1.54, 1.807) is 18.2 Å². The minimum Gasteiger partial charge on any atom is -0.349 e. The van der Waals surface area contributed by atoms with E-state index >= 15 is 0 Å². The van der Waals surface area contributed by atoms with E-state index in [1.165, 1.54) is 5.56 Å². The second-order valence-corrected chi connectivity index (χ2v) is 5.65. The molecule has 1 N–H and O–H groups in total. The van der Waals surface area contributed by atoms with Gasteiger partial charge in [-0.3, -0.25) is 4.79 Å². The van der Waals surface area contributed by atoms with Crippen molar-refractivity contribution in [3.05, 3.63) is 64.7 Å². The van der Waals surface area contributed by atoms with Gasteiger partial charge in [0.2, 0.25) is 0 Å². The lowest BCUT2D eigenvalue weighted by molar-refractivity contribution is 0.0940. The van der Waals surface area contributed by atoms with E-state index in [4.69, 9.17) is 11.6 Å². The summed E-state index contributed by atoms with van der Waals surface area (Å²) in [6, 6.07) is 15.2. The summed E-state index contributed by atoms with van der Waals surface area (Å²) in [5.41, 5.74) is 1.65. The summed E-state index contributed by atoms with van der Waals surface area (Å²) < 4.78 is 0. The monoisotopic (exact) mass is 305 g/mol. The highest BCUT2D eigenvalue weighted by molar-refractivity contribution is 7.80. The first-order valence-electron chi connectivity index (χ1n) is 6.39. The van der Waals surface area contributed by atoms with Crippen molar-refractivity contribution in [2.75, 3.05) is 0 Å². The molecule has 2 rings (SSSR count). The van der Waals surface area contributed by atoms with Gasteiger partial charge in [0.15, 0.2) is 0 Å². The van der Waals surface area contributed by atoms with Crippen LogP contribution < -0.4 is 5.32 Å². The number of amides is 1. The third-order valence-corrected chi connectivity index (χ3v) is 3.56. The summed E-state index contributed by atoms with van der Waals surface area (Å²) in [6.07, 6.45) is 0.783. The number of carbonyl (C=O) groups excluding carboxylic acids is 1. The molecule has 0 aliphatic heterocycles. The molecule has 0 aromatic heterocycles. The highest BCUT2D eigenvalue weighted by atomic mass is 35.5. The second kappa shape index (κ2) is 6.82. The second-order valence-electron chi connectivity index (χ2n) is 4.73. The van der Waals surface area contributed by atoms with Crippen LogP contribution in [0.2, 0.25) is 5.02 Å². The molecule has 0 spiro atoms. The van der Waals surface area contributed by atoms with Crippen LogP contribution in [0.25, 0.3) is 0 Å². The lowest BCUT2D eigenvalue weighted by Crippen LogP contribution is -2.34. The SMILES string of the molecule is CC(Cc1ccccc1)NC(=O)c1cc(S)ccc1Cl. The molecule has 1 amide bonds. The molecule has 0 bridgehead atoms. The molecule has 0 saturated carbocycles. The molecule has 1 unspecified atom stereocenters. The lowest BCUT2D eigenvalue weighted by atomic mass is 10.1. The van der Waals surface area contributed by atoms with Crippen molar-refractivity contribution in [3.8, 4) is 0 Å². The molecule has 1 atom stereocenters. The van der Waals surface area contributed by atoms with Crippen molar-refractivity contribution in [2.24, 2.45) is 0 Å². The Balaban J connectivity index is 2.02. The van der Waals surface area contributed by atoms with Gasteiger partial charge in [-0.15, -0.1) is 12.6 Å². The Morgan fingerprint density at radius 2 is 1.95 bits per heavy atom. The minimum absolute atomic E-state index is 0.0320. The molecule has 2 nitrogen and oxygen atoms in total. The van der Waals surface area contributed by atoms with Crippen LogP contribution in [0.5, 0.6) is 0 Å². The Hall–Kier alpha value is -1.45.